The van der Waals surface area contributed by atoms with E-state index < -0.39 is 0 Å². The van der Waals surface area contributed by atoms with Gasteiger partial charge < -0.3 is 9.80 Å². The SMILES string of the molecule is Cc1cc2c(N(C)CC(=O)N(C)C)nc(NN)nc2s1. The van der Waals surface area contributed by atoms with E-state index in [0.717, 1.165) is 15.1 Å². The fourth-order valence-corrected chi connectivity index (χ4v) is 2.68. The van der Waals surface area contributed by atoms with Crippen molar-refractivity contribution in [2.45, 2.75) is 6.92 Å². The number of carbonyl (C=O) groups is 1. The minimum absolute atomic E-state index is 0.00784. The largest absolute Gasteiger partial charge is 0.350 e. The number of nitrogens with one attached hydrogen (secondary N) is 1. The second kappa shape index (κ2) is 5.59. The minimum atomic E-state index is 0.00784. The Labute approximate surface area is 121 Å². The first-order chi connectivity index (χ1) is 9.42. The van der Waals surface area contributed by atoms with Gasteiger partial charge in [0.25, 0.3) is 0 Å². The molecule has 0 aliphatic carbocycles. The van der Waals surface area contributed by atoms with Crippen molar-refractivity contribution in [1.82, 2.24) is 14.9 Å². The smallest absolute Gasteiger partial charge is 0.241 e. The number of nitrogens with zero attached hydrogens (tertiary/aromatic N) is 4. The average Bonchev–Trinajstić information content (AvgIpc) is 2.76. The third-order valence-electron chi connectivity index (χ3n) is 2.86. The molecule has 2 rings (SSSR count). The number of likely N-dealkylation sites (N-methyl/N-ethyl adjacent to an activating group) is 2. The maximum atomic E-state index is 11.8. The number of hydrogen-bond acceptors (Lipinski definition) is 7. The summed E-state index contributed by atoms with van der Waals surface area (Å²) in [6.45, 7) is 2.26. The van der Waals surface area contributed by atoms with E-state index in [4.69, 9.17) is 5.84 Å². The van der Waals surface area contributed by atoms with E-state index in [1.54, 1.807) is 35.2 Å². The average molecular weight is 294 g/mol. The van der Waals surface area contributed by atoms with Crippen molar-refractivity contribution in [2.24, 2.45) is 5.84 Å². The highest BCUT2D eigenvalue weighted by Crippen LogP contribution is 2.31. The lowest BCUT2D eigenvalue weighted by Crippen LogP contribution is -2.35. The zero-order chi connectivity index (χ0) is 14.9. The zero-order valence-corrected chi connectivity index (χ0v) is 12.8. The number of fused-ring (bicyclic) bond motifs is 1. The first-order valence-electron chi connectivity index (χ1n) is 6.08. The van der Waals surface area contributed by atoms with Crippen LogP contribution in [0, 0.1) is 6.92 Å². The van der Waals surface area contributed by atoms with Crippen molar-refractivity contribution < 1.29 is 4.79 Å². The second-order valence-electron chi connectivity index (χ2n) is 4.74. The van der Waals surface area contributed by atoms with Gasteiger partial charge in [-0.3, -0.25) is 10.2 Å². The molecule has 7 nitrogen and oxygen atoms in total. The molecule has 0 unspecified atom stereocenters. The Morgan fingerprint density at radius 1 is 1.40 bits per heavy atom. The fourth-order valence-electron chi connectivity index (χ4n) is 1.80. The summed E-state index contributed by atoms with van der Waals surface area (Å²) in [5.41, 5.74) is 2.46. The van der Waals surface area contributed by atoms with Crippen LogP contribution in [0.1, 0.15) is 4.88 Å². The summed E-state index contributed by atoms with van der Waals surface area (Å²) in [5.74, 6) is 6.45. The Bertz CT molecular complexity index is 638. The van der Waals surface area contributed by atoms with Crippen LogP contribution in [0.2, 0.25) is 0 Å². The van der Waals surface area contributed by atoms with Crippen molar-refractivity contribution in [1.29, 1.82) is 0 Å². The predicted octanol–water partition coefficient (Wildman–Crippen LogP) is 0.810. The first kappa shape index (κ1) is 14.5. The topological polar surface area (TPSA) is 87.4 Å². The van der Waals surface area contributed by atoms with Crippen LogP contribution in [-0.2, 0) is 4.79 Å². The Hall–Kier alpha value is -1.93. The van der Waals surface area contributed by atoms with Crippen LogP contribution in [0.4, 0.5) is 11.8 Å². The van der Waals surface area contributed by atoms with Gasteiger partial charge in [-0.15, -0.1) is 11.3 Å². The van der Waals surface area contributed by atoms with Crippen molar-refractivity contribution in [3.8, 4) is 0 Å². The van der Waals surface area contributed by atoms with Crippen LogP contribution >= 0.6 is 11.3 Å². The number of amides is 1. The van der Waals surface area contributed by atoms with Gasteiger partial charge in [-0.2, -0.15) is 4.98 Å². The molecule has 0 spiro atoms. The van der Waals surface area contributed by atoms with E-state index in [1.807, 2.05) is 20.0 Å². The summed E-state index contributed by atoms with van der Waals surface area (Å²) in [6, 6.07) is 2.02. The van der Waals surface area contributed by atoms with Gasteiger partial charge in [0.1, 0.15) is 10.6 Å². The summed E-state index contributed by atoms with van der Waals surface area (Å²) in [7, 11) is 5.29. The summed E-state index contributed by atoms with van der Waals surface area (Å²) < 4.78 is 0. The van der Waals surface area contributed by atoms with E-state index in [9.17, 15) is 4.79 Å². The fraction of sp³-hybridized carbons (Fsp3) is 0.417. The number of hydrazine groups is 1. The molecule has 108 valence electrons. The van der Waals surface area contributed by atoms with Crippen LogP contribution in [0.25, 0.3) is 10.2 Å². The molecule has 0 fully saturated rings. The van der Waals surface area contributed by atoms with Gasteiger partial charge in [-0.1, -0.05) is 0 Å². The van der Waals surface area contributed by atoms with Crippen molar-refractivity contribution >= 4 is 39.2 Å². The number of anilines is 2. The molecule has 0 radical (unpaired) electrons. The van der Waals surface area contributed by atoms with Crippen molar-refractivity contribution in [3.05, 3.63) is 10.9 Å². The molecule has 2 aromatic heterocycles. The van der Waals surface area contributed by atoms with Gasteiger partial charge >= 0.3 is 0 Å². The highest BCUT2D eigenvalue weighted by atomic mass is 32.1. The number of carbonyl (C=O) groups excluding carboxylic acids is 1. The highest BCUT2D eigenvalue weighted by molar-refractivity contribution is 7.18. The molecule has 2 heterocycles. The lowest BCUT2D eigenvalue weighted by Gasteiger charge is -2.21. The maximum absolute atomic E-state index is 11.8. The van der Waals surface area contributed by atoms with Crippen LogP contribution in [0.5, 0.6) is 0 Å². The highest BCUT2D eigenvalue weighted by Gasteiger charge is 2.16. The molecular weight excluding hydrogens is 276 g/mol. The molecule has 0 saturated heterocycles. The van der Waals surface area contributed by atoms with Gasteiger partial charge in [0.15, 0.2) is 0 Å². The number of hydrogen-bond donors (Lipinski definition) is 2. The number of thiophene rings is 1. The Morgan fingerprint density at radius 2 is 2.10 bits per heavy atom. The maximum Gasteiger partial charge on any atom is 0.241 e. The minimum Gasteiger partial charge on any atom is -0.350 e. The molecular formula is C12H18N6OS. The number of aromatic nitrogens is 2. The standard InChI is InChI=1S/C12H18N6OS/c1-7-5-8-10(18(4)6-9(19)17(2)3)14-12(16-13)15-11(8)20-7/h5H,6,13H2,1-4H3,(H,14,15,16). The number of rotatable bonds is 4. The molecule has 20 heavy (non-hydrogen) atoms. The molecule has 8 heteroatoms. The Kier molecular flexibility index (Phi) is 4.05. The molecule has 0 saturated carbocycles. The van der Waals surface area contributed by atoms with Crippen LogP contribution < -0.4 is 16.2 Å². The molecule has 0 aliphatic heterocycles. The molecule has 2 aromatic rings. The van der Waals surface area contributed by atoms with Gasteiger partial charge in [0, 0.05) is 26.0 Å². The van der Waals surface area contributed by atoms with Crippen LogP contribution in [-0.4, -0.2) is 48.5 Å². The first-order valence-corrected chi connectivity index (χ1v) is 6.90. The second-order valence-corrected chi connectivity index (χ2v) is 5.97. The molecule has 0 aromatic carbocycles. The summed E-state index contributed by atoms with van der Waals surface area (Å²) in [4.78, 5) is 25.9. The lowest BCUT2D eigenvalue weighted by molar-refractivity contribution is -0.127. The Balaban J connectivity index is 2.43. The molecule has 1 amide bonds. The molecule has 0 bridgehead atoms. The van der Waals surface area contributed by atoms with Gasteiger partial charge in [-0.05, 0) is 13.0 Å². The van der Waals surface area contributed by atoms with Gasteiger partial charge in [0.2, 0.25) is 11.9 Å². The van der Waals surface area contributed by atoms with E-state index in [0.29, 0.717) is 11.8 Å². The number of nitrogens with two attached hydrogens (primary N) is 1. The summed E-state index contributed by atoms with van der Waals surface area (Å²) >= 11 is 1.57. The van der Waals surface area contributed by atoms with Crippen molar-refractivity contribution in [2.75, 3.05) is 38.0 Å². The van der Waals surface area contributed by atoms with Crippen molar-refractivity contribution in [3.63, 3.8) is 0 Å². The number of aryl methyl sites for hydroxylation is 1. The third-order valence-corrected chi connectivity index (χ3v) is 3.80. The van der Waals surface area contributed by atoms with E-state index in [1.165, 1.54) is 0 Å². The molecule has 3 N–H and O–H groups in total. The summed E-state index contributed by atoms with van der Waals surface area (Å²) in [5, 5.41) is 0.931. The molecule has 0 aliphatic rings. The monoisotopic (exact) mass is 294 g/mol. The zero-order valence-electron chi connectivity index (χ0n) is 12.0. The van der Waals surface area contributed by atoms with E-state index in [-0.39, 0.29) is 12.5 Å². The van der Waals surface area contributed by atoms with Crippen LogP contribution in [0.15, 0.2) is 6.07 Å². The Morgan fingerprint density at radius 3 is 2.70 bits per heavy atom. The van der Waals surface area contributed by atoms with Crippen LogP contribution in [0.3, 0.4) is 0 Å². The van der Waals surface area contributed by atoms with E-state index >= 15 is 0 Å². The summed E-state index contributed by atoms with van der Waals surface area (Å²) in [6.07, 6.45) is 0. The van der Waals surface area contributed by atoms with Gasteiger partial charge in [-0.25, -0.2) is 10.8 Å². The lowest BCUT2D eigenvalue weighted by atomic mass is 10.3. The quantitative estimate of drug-likeness (QED) is 0.641. The predicted molar refractivity (Wildman–Crippen MR) is 81.9 cm³/mol. The third kappa shape index (κ3) is 2.81. The van der Waals surface area contributed by atoms with E-state index in [2.05, 4.69) is 15.4 Å². The number of nitrogen functional groups attached to an aromatic ring is 1. The molecule has 0 atom stereocenters. The normalized spacial score (nSPS) is 10.7. The van der Waals surface area contributed by atoms with Gasteiger partial charge in [0.05, 0.1) is 11.9 Å².